The minimum absolute atomic E-state index is 0. The van der Waals surface area contributed by atoms with Crippen LogP contribution >= 0.6 is 0 Å². The maximum Gasteiger partial charge on any atom is 0.269 e. The first kappa shape index (κ1) is 23.8. The van der Waals surface area contributed by atoms with Gasteiger partial charge in [0.2, 0.25) is 5.95 Å². The van der Waals surface area contributed by atoms with E-state index >= 15 is 0 Å². The molecule has 5 aromatic rings. The third-order valence-electron chi connectivity index (χ3n) is 5.93. The van der Waals surface area contributed by atoms with Crippen LogP contribution in [0.2, 0.25) is 0 Å². The molecular formula is C28H30N6O3. The molecule has 2 N–H and O–H groups in total. The fourth-order valence-electron chi connectivity index (χ4n) is 4.04. The Labute approximate surface area is 217 Å². The summed E-state index contributed by atoms with van der Waals surface area (Å²) >= 11 is 0. The SMILES string of the molecule is CNC(=O)c1cc(Oc2cc3nc(Nc4cccc(-c5ccnc(C)c5)c4)n(C)c3cc2OC)ccn1.[HH].[HH]. The summed E-state index contributed by atoms with van der Waals surface area (Å²) in [4.78, 5) is 25.1. The van der Waals surface area contributed by atoms with Crippen LogP contribution in [0.4, 0.5) is 11.6 Å². The molecular weight excluding hydrogens is 468 g/mol. The highest BCUT2D eigenvalue weighted by atomic mass is 16.5. The second-order valence-corrected chi connectivity index (χ2v) is 8.44. The summed E-state index contributed by atoms with van der Waals surface area (Å²) in [6.45, 7) is 1.98. The number of hydrogen-bond donors (Lipinski definition) is 2. The maximum atomic E-state index is 11.9. The summed E-state index contributed by atoms with van der Waals surface area (Å²) in [5, 5.41) is 5.98. The van der Waals surface area contributed by atoms with Crippen LogP contribution in [0.1, 0.15) is 19.0 Å². The molecule has 1 amide bonds. The number of imidazole rings is 1. The minimum Gasteiger partial charge on any atom is -0.493 e. The molecule has 2 aromatic carbocycles. The largest absolute Gasteiger partial charge is 0.493 e. The molecule has 9 nitrogen and oxygen atoms in total. The first-order valence-electron chi connectivity index (χ1n) is 11.7. The highest BCUT2D eigenvalue weighted by molar-refractivity contribution is 5.92. The zero-order chi connectivity index (χ0) is 25.9. The van der Waals surface area contributed by atoms with Gasteiger partial charge in [-0.2, -0.15) is 0 Å². The predicted molar refractivity (Wildman–Crippen MR) is 147 cm³/mol. The van der Waals surface area contributed by atoms with Gasteiger partial charge in [0, 0.05) is 58.9 Å². The molecule has 0 unspecified atom stereocenters. The number of carbonyl (C=O) groups excluding carboxylic acids is 1. The average Bonchev–Trinajstić information content (AvgIpc) is 3.21. The Balaban J connectivity index is 0.00000210. The lowest BCUT2D eigenvalue weighted by atomic mass is 10.1. The van der Waals surface area contributed by atoms with Gasteiger partial charge in [-0.3, -0.25) is 14.8 Å². The smallest absolute Gasteiger partial charge is 0.269 e. The van der Waals surface area contributed by atoms with Crippen molar-refractivity contribution >= 4 is 28.6 Å². The Hall–Kier alpha value is -4.92. The fraction of sp³-hybridized carbons (Fsp3) is 0.143. The minimum atomic E-state index is -0.295. The van der Waals surface area contributed by atoms with Crippen LogP contribution in [0, 0.1) is 6.92 Å². The number of nitrogens with one attached hydrogen (secondary N) is 2. The Kier molecular flexibility index (Phi) is 6.42. The summed E-state index contributed by atoms with van der Waals surface area (Å²) in [6, 6.07) is 19.2. The molecule has 3 heterocycles. The molecule has 0 saturated heterocycles. The molecule has 0 spiro atoms. The number of amides is 1. The second-order valence-electron chi connectivity index (χ2n) is 8.44. The third kappa shape index (κ3) is 4.92. The molecule has 190 valence electrons. The van der Waals surface area contributed by atoms with E-state index in [0.717, 1.165) is 33.5 Å². The van der Waals surface area contributed by atoms with Gasteiger partial charge in [-0.15, -0.1) is 0 Å². The molecule has 0 aliphatic carbocycles. The second kappa shape index (κ2) is 9.98. The number of pyridine rings is 2. The molecule has 0 aliphatic heterocycles. The van der Waals surface area contributed by atoms with Crippen LogP contribution in [-0.4, -0.2) is 39.6 Å². The molecule has 0 radical (unpaired) electrons. The van der Waals surface area contributed by atoms with E-state index in [1.807, 2.05) is 55.1 Å². The van der Waals surface area contributed by atoms with Gasteiger partial charge >= 0.3 is 0 Å². The van der Waals surface area contributed by atoms with Crippen LogP contribution in [-0.2, 0) is 7.05 Å². The van der Waals surface area contributed by atoms with Gasteiger partial charge in [0.15, 0.2) is 11.5 Å². The number of nitrogens with zero attached hydrogens (tertiary/aromatic N) is 4. The van der Waals surface area contributed by atoms with E-state index in [1.165, 1.54) is 6.20 Å². The molecule has 0 bridgehead atoms. The number of aromatic nitrogens is 4. The fourth-order valence-corrected chi connectivity index (χ4v) is 4.04. The van der Waals surface area contributed by atoms with Crippen LogP contribution in [0.5, 0.6) is 17.2 Å². The monoisotopic (exact) mass is 498 g/mol. The predicted octanol–water partition coefficient (Wildman–Crippen LogP) is 5.73. The first-order valence-corrected chi connectivity index (χ1v) is 11.7. The van der Waals surface area contributed by atoms with Crippen molar-refractivity contribution in [2.45, 2.75) is 6.92 Å². The molecule has 5 rings (SSSR count). The van der Waals surface area contributed by atoms with E-state index in [9.17, 15) is 4.79 Å². The van der Waals surface area contributed by atoms with Gasteiger partial charge < -0.3 is 24.7 Å². The number of aryl methyl sites for hydroxylation is 2. The van der Waals surface area contributed by atoms with Gasteiger partial charge in [-0.25, -0.2) is 4.98 Å². The van der Waals surface area contributed by atoms with E-state index in [4.69, 9.17) is 14.5 Å². The van der Waals surface area contributed by atoms with Crippen molar-refractivity contribution in [3.8, 4) is 28.4 Å². The van der Waals surface area contributed by atoms with Crippen molar-refractivity contribution in [2.75, 3.05) is 19.5 Å². The van der Waals surface area contributed by atoms with Crippen molar-refractivity contribution in [1.82, 2.24) is 24.8 Å². The normalized spacial score (nSPS) is 10.8. The molecule has 0 atom stereocenters. The van der Waals surface area contributed by atoms with E-state index in [1.54, 1.807) is 26.3 Å². The molecule has 0 saturated carbocycles. The van der Waals surface area contributed by atoms with E-state index in [2.05, 4.69) is 38.8 Å². The van der Waals surface area contributed by atoms with E-state index < -0.39 is 0 Å². The lowest BCUT2D eigenvalue weighted by molar-refractivity contribution is 0.0958. The number of anilines is 2. The first-order chi connectivity index (χ1) is 17.9. The Bertz CT molecular complexity index is 1620. The Morgan fingerprint density at radius 2 is 1.78 bits per heavy atom. The lowest BCUT2D eigenvalue weighted by Crippen LogP contribution is -2.18. The van der Waals surface area contributed by atoms with E-state index in [0.29, 0.717) is 23.2 Å². The lowest BCUT2D eigenvalue weighted by Gasteiger charge is -2.11. The quantitative estimate of drug-likeness (QED) is 0.295. The zero-order valence-electron chi connectivity index (χ0n) is 20.9. The molecule has 0 aliphatic rings. The molecule has 0 fully saturated rings. The standard InChI is InChI=1S/C28H26N6O3.2H2/c1-17-12-19(8-10-30-17)18-6-5-7-20(13-18)32-28-33-22-15-26(25(36-4)16-24(22)34(28)3)37-21-9-11-31-23(14-21)27(35)29-2;;/h5-16H,1-4H3,(H,29,35)(H,32,33);2*1H. The van der Waals surface area contributed by atoms with Crippen molar-refractivity contribution in [3.63, 3.8) is 0 Å². The van der Waals surface area contributed by atoms with Gasteiger partial charge in [-0.1, -0.05) is 12.1 Å². The zero-order valence-corrected chi connectivity index (χ0v) is 20.9. The highest BCUT2D eigenvalue weighted by Crippen LogP contribution is 2.36. The number of fused-ring (bicyclic) bond motifs is 1. The average molecular weight is 499 g/mol. The van der Waals surface area contributed by atoms with Crippen molar-refractivity contribution in [1.29, 1.82) is 0 Å². The van der Waals surface area contributed by atoms with Crippen LogP contribution in [0.25, 0.3) is 22.2 Å². The van der Waals surface area contributed by atoms with Crippen LogP contribution < -0.4 is 20.1 Å². The van der Waals surface area contributed by atoms with Crippen LogP contribution in [0.15, 0.2) is 73.1 Å². The van der Waals surface area contributed by atoms with Crippen molar-refractivity contribution < 1.29 is 17.1 Å². The number of benzene rings is 2. The maximum absolute atomic E-state index is 11.9. The number of carbonyl (C=O) groups is 1. The Morgan fingerprint density at radius 3 is 2.57 bits per heavy atom. The number of rotatable bonds is 7. The third-order valence-corrected chi connectivity index (χ3v) is 5.93. The van der Waals surface area contributed by atoms with Gasteiger partial charge in [0.25, 0.3) is 5.91 Å². The van der Waals surface area contributed by atoms with Crippen molar-refractivity contribution in [3.05, 3.63) is 84.4 Å². The highest BCUT2D eigenvalue weighted by Gasteiger charge is 2.16. The molecule has 37 heavy (non-hydrogen) atoms. The van der Waals surface area contributed by atoms with Gasteiger partial charge in [-0.05, 0) is 48.4 Å². The summed E-state index contributed by atoms with van der Waals surface area (Å²) < 4.78 is 13.6. The van der Waals surface area contributed by atoms with E-state index in [-0.39, 0.29) is 14.5 Å². The molecule has 9 heteroatoms. The summed E-state index contributed by atoms with van der Waals surface area (Å²) in [5.74, 6) is 1.85. The Morgan fingerprint density at radius 1 is 0.973 bits per heavy atom. The summed E-state index contributed by atoms with van der Waals surface area (Å²) in [6.07, 6.45) is 3.34. The van der Waals surface area contributed by atoms with Gasteiger partial charge in [0.05, 0.1) is 18.1 Å². The van der Waals surface area contributed by atoms with Crippen molar-refractivity contribution in [2.24, 2.45) is 7.05 Å². The van der Waals surface area contributed by atoms with Crippen LogP contribution in [0.3, 0.4) is 0 Å². The number of methoxy groups -OCH3 is 1. The number of ether oxygens (including phenoxy) is 2. The summed E-state index contributed by atoms with van der Waals surface area (Å²) in [5.41, 5.74) is 5.91. The summed E-state index contributed by atoms with van der Waals surface area (Å²) in [7, 11) is 5.07. The topological polar surface area (TPSA) is 103 Å². The molecule has 3 aromatic heterocycles. The number of hydrogen-bond acceptors (Lipinski definition) is 7. The van der Waals surface area contributed by atoms with Gasteiger partial charge in [0.1, 0.15) is 11.4 Å².